The maximum Gasteiger partial charge on any atom is 0.320 e. The van der Waals surface area contributed by atoms with Crippen LogP contribution >= 0.6 is 0 Å². The molecule has 0 saturated carbocycles. The minimum Gasteiger partial charge on any atom is -0.502 e. The highest BCUT2D eigenvalue weighted by Crippen LogP contribution is 2.37. The molecule has 0 aliphatic heterocycles. The van der Waals surface area contributed by atoms with Crippen LogP contribution in [0.15, 0.2) is 12.1 Å². The summed E-state index contributed by atoms with van der Waals surface area (Å²) in [6.45, 7) is -0.543. The van der Waals surface area contributed by atoms with Crippen LogP contribution in [0.5, 0.6) is 17.2 Å². The molecule has 0 aliphatic carbocycles. The molecular formula is C15H19NO8. The van der Waals surface area contributed by atoms with E-state index in [0.29, 0.717) is 0 Å². The topological polar surface area (TPSA) is 145 Å². The summed E-state index contributed by atoms with van der Waals surface area (Å²) in [4.78, 5) is 34.1. The number of methoxy groups -OCH3 is 2. The number of aliphatic carboxylic acids is 1. The van der Waals surface area contributed by atoms with Crippen molar-refractivity contribution in [2.24, 2.45) is 5.73 Å². The fourth-order valence-electron chi connectivity index (χ4n) is 1.75. The van der Waals surface area contributed by atoms with Crippen LogP contribution < -0.4 is 15.2 Å². The van der Waals surface area contributed by atoms with Crippen molar-refractivity contribution in [1.82, 2.24) is 0 Å². The number of hydrogen-bond acceptors (Lipinski definition) is 8. The molecule has 1 atom stereocenters. The van der Waals surface area contributed by atoms with Crippen molar-refractivity contribution >= 4 is 17.7 Å². The zero-order valence-corrected chi connectivity index (χ0v) is 13.3. The summed E-state index contributed by atoms with van der Waals surface area (Å²) in [7, 11) is 2.63. The lowest BCUT2D eigenvalue weighted by Gasteiger charge is -2.11. The Kier molecular flexibility index (Phi) is 6.99. The monoisotopic (exact) mass is 341 g/mol. The number of aromatic hydroxyl groups is 1. The van der Waals surface area contributed by atoms with Gasteiger partial charge in [-0.05, 0) is 18.6 Å². The molecule has 0 fully saturated rings. The van der Waals surface area contributed by atoms with E-state index in [-0.39, 0.29) is 35.7 Å². The number of ether oxygens (including phenoxy) is 3. The average molecular weight is 341 g/mol. The standard InChI is InChI=1S/C15H19NO8/c1-22-11-5-8(6-12(23-2)14(11)19)10(17)7-24-13(18)4-3-9(16)15(20)21/h5-6,9,19H,3-4,7,16H2,1-2H3,(H,20,21)/t9-/m0/s1. The molecule has 1 aromatic rings. The number of benzene rings is 1. The van der Waals surface area contributed by atoms with Gasteiger partial charge in [0.15, 0.2) is 18.1 Å². The van der Waals surface area contributed by atoms with Crippen molar-refractivity contribution in [1.29, 1.82) is 0 Å². The third kappa shape index (κ3) is 5.13. The summed E-state index contributed by atoms with van der Waals surface area (Å²) >= 11 is 0. The number of hydrogen-bond donors (Lipinski definition) is 3. The Bertz CT molecular complexity index is 603. The zero-order chi connectivity index (χ0) is 18.3. The lowest BCUT2D eigenvalue weighted by atomic mass is 10.1. The van der Waals surface area contributed by atoms with E-state index in [4.69, 9.17) is 25.1 Å². The van der Waals surface area contributed by atoms with Gasteiger partial charge in [0.2, 0.25) is 11.5 Å². The molecule has 0 aliphatic rings. The van der Waals surface area contributed by atoms with Gasteiger partial charge < -0.3 is 30.2 Å². The summed E-state index contributed by atoms with van der Waals surface area (Å²) in [5.41, 5.74) is 5.39. The molecule has 9 heteroatoms. The number of carboxylic acid groups (broad SMARTS) is 1. The number of Topliss-reactive ketones (excluding diaryl/α,β-unsaturated/α-hetero) is 1. The van der Waals surface area contributed by atoms with Crippen LogP contribution in [0.3, 0.4) is 0 Å². The van der Waals surface area contributed by atoms with Crippen LogP contribution in [-0.4, -0.2) is 54.8 Å². The van der Waals surface area contributed by atoms with Crippen molar-refractivity contribution in [2.45, 2.75) is 18.9 Å². The Hall–Kier alpha value is -2.81. The highest BCUT2D eigenvalue weighted by Gasteiger charge is 2.18. The molecule has 0 bridgehead atoms. The van der Waals surface area contributed by atoms with Gasteiger partial charge in [-0.25, -0.2) is 0 Å². The largest absolute Gasteiger partial charge is 0.502 e. The summed E-state index contributed by atoms with van der Waals surface area (Å²) in [6, 6.07) is 1.40. The SMILES string of the molecule is COc1cc(C(=O)COC(=O)CC[C@H](N)C(=O)O)cc(OC)c1O. The maximum atomic E-state index is 12.1. The summed E-state index contributed by atoms with van der Waals surface area (Å²) < 4.78 is 14.6. The van der Waals surface area contributed by atoms with E-state index in [1.807, 2.05) is 0 Å². The van der Waals surface area contributed by atoms with Gasteiger partial charge in [-0.1, -0.05) is 0 Å². The molecule has 0 heterocycles. The molecule has 4 N–H and O–H groups in total. The lowest BCUT2D eigenvalue weighted by molar-refractivity contribution is -0.143. The van der Waals surface area contributed by atoms with Gasteiger partial charge in [-0.2, -0.15) is 0 Å². The molecule has 0 amide bonds. The predicted octanol–water partition coefficient (Wildman–Crippen LogP) is 0.327. The first-order valence-corrected chi connectivity index (χ1v) is 6.92. The van der Waals surface area contributed by atoms with E-state index in [0.717, 1.165) is 0 Å². The van der Waals surface area contributed by atoms with E-state index in [1.165, 1.54) is 26.4 Å². The minimum atomic E-state index is -1.22. The number of rotatable bonds is 9. The van der Waals surface area contributed by atoms with Gasteiger partial charge in [0, 0.05) is 12.0 Å². The van der Waals surface area contributed by atoms with Crippen LogP contribution in [0, 0.1) is 0 Å². The molecule has 0 unspecified atom stereocenters. The number of nitrogens with two attached hydrogens (primary N) is 1. The summed E-state index contributed by atoms with van der Waals surface area (Å²) in [6.07, 6.45) is -0.313. The Labute approximate surface area is 137 Å². The quantitative estimate of drug-likeness (QED) is 0.427. The maximum absolute atomic E-state index is 12.1. The molecule has 1 rings (SSSR count). The molecule has 0 saturated heterocycles. The molecule has 24 heavy (non-hydrogen) atoms. The minimum absolute atomic E-state index is 0.0384. The Morgan fingerprint density at radius 2 is 1.71 bits per heavy atom. The van der Waals surface area contributed by atoms with E-state index >= 15 is 0 Å². The molecular weight excluding hydrogens is 322 g/mol. The Morgan fingerprint density at radius 1 is 1.17 bits per heavy atom. The van der Waals surface area contributed by atoms with Gasteiger partial charge in [0.1, 0.15) is 6.04 Å². The van der Waals surface area contributed by atoms with E-state index < -0.39 is 30.4 Å². The average Bonchev–Trinajstić information content (AvgIpc) is 2.57. The number of ketones is 1. The first kappa shape index (κ1) is 19.2. The van der Waals surface area contributed by atoms with Crippen molar-refractivity contribution in [3.63, 3.8) is 0 Å². The second kappa shape index (κ2) is 8.73. The number of carbonyl (C=O) groups excluding carboxylic acids is 2. The van der Waals surface area contributed by atoms with Crippen molar-refractivity contribution < 1.29 is 38.8 Å². The Balaban J connectivity index is 2.65. The first-order valence-electron chi connectivity index (χ1n) is 6.92. The van der Waals surface area contributed by atoms with Gasteiger partial charge in [-0.15, -0.1) is 0 Å². The smallest absolute Gasteiger partial charge is 0.320 e. The van der Waals surface area contributed by atoms with E-state index in [9.17, 15) is 19.5 Å². The fourth-order valence-corrected chi connectivity index (χ4v) is 1.75. The van der Waals surface area contributed by atoms with E-state index in [1.54, 1.807) is 0 Å². The van der Waals surface area contributed by atoms with Crippen LogP contribution in [0.1, 0.15) is 23.2 Å². The highest BCUT2D eigenvalue weighted by atomic mass is 16.5. The second-order valence-electron chi connectivity index (χ2n) is 4.80. The molecule has 1 aromatic carbocycles. The van der Waals surface area contributed by atoms with Gasteiger partial charge >= 0.3 is 11.9 Å². The predicted molar refractivity (Wildman–Crippen MR) is 81.3 cm³/mol. The van der Waals surface area contributed by atoms with Gasteiger partial charge in [0.25, 0.3) is 0 Å². The summed E-state index contributed by atoms with van der Waals surface area (Å²) in [5.74, 6) is -2.67. The van der Waals surface area contributed by atoms with Crippen LogP contribution in [0.2, 0.25) is 0 Å². The third-order valence-corrected chi connectivity index (χ3v) is 3.14. The van der Waals surface area contributed by atoms with Crippen molar-refractivity contribution in [2.75, 3.05) is 20.8 Å². The zero-order valence-electron chi connectivity index (χ0n) is 13.3. The number of carbonyl (C=O) groups is 3. The number of carboxylic acids is 1. The van der Waals surface area contributed by atoms with E-state index in [2.05, 4.69) is 0 Å². The van der Waals surface area contributed by atoms with Crippen LogP contribution in [0.4, 0.5) is 0 Å². The fraction of sp³-hybridized carbons (Fsp3) is 0.400. The van der Waals surface area contributed by atoms with Crippen LogP contribution in [-0.2, 0) is 14.3 Å². The van der Waals surface area contributed by atoms with Gasteiger partial charge in [-0.3, -0.25) is 14.4 Å². The molecule has 132 valence electrons. The third-order valence-electron chi connectivity index (χ3n) is 3.14. The lowest BCUT2D eigenvalue weighted by Crippen LogP contribution is -2.30. The normalized spacial score (nSPS) is 11.5. The number of esters is 1. The number of phenolic OH excluding ortho intramolecular Hbond substituents is 1. The second-order valence-corrected chi connectivity index (χ2v) is 4.80. The highest BCUT2D eigenvalue weighted by molar-refractivity contribution is 5.99. The summed E-state index contributed by atoms with van der Waals surface area (Å²) in [5, 5.41) is 18.4. The van der Waals surface area contributed by atoms with Crippen molar-refractivity contribution in [3.05, 3.63) is 17.7 Å². The number of phenols is 1. The van der Waals surface area contributed by atoms with Gasteiger partial charge in [0.05, 0.1) is 14.2 Å². The molecule has 9 nitrogen and oxygen atoms in total. The van der Waals surface area contributed by atoms with Crippen LogP contribution in [0.25, 0.3) is 0 Å². The van der Waals surface area contributed by atoms with Crippen molar-refractivity contribution in [3.8, 4) is 17.2 Å². The first-order chi connectivity index (χ1) is 11.3. The Morgan fingerprint density at radius 3 is 2.17 bits per heavy atom. The molecule has 0 spiro atoms. The molecule has 0 aromatic heterocycles. The molecule has 0 radical (unpaired) electrons.